The molecule has 4 rings (SSSR count). The van der Waals surface area contributed by atoms with Gasteiger partial charge in [-0.15, -0.1) is 0 Å². The van der Waals surface area contributed by atoms with Crippen molar-refractivity contribution in [1.82, 2.24) is 25.4 Å². The van der Waals surface area contributed by atoms with E-state index in [1.807, 2.05) is 32.9 Å². The zero-order valence-corrected chi connectivity index (χ0v) is 27.1. The molecule has 2 atom stereocenters. The van der Waals surface area contributed by atoms with E-state index in [0.29, 0.717) is 38.2 Å². The highest BCUT2D eigenvalue weighted by Crippen LogP contribution is 2.53. The third kappa shape index (κ3) is 8.25. The standard InChI is InChI=1S/C32H52N6O5/c1-30(2,3)26(28(42)38-11-10-23(39)19-38)34-25(40)20-43-17-16-36-12-14-37(15-13-36)24-9-8-22(18-33-24)27(41)35-29-31(4,5)21-32(29,6)7/h8-9,18,23,26,29,39H,10-17,19-21H2,1-7H3,(H,34,40)(H,35,41)/t23-,26-/m1/s1. The van der Waals surface area contributed by atoms with E-state index in [0.717, 1.165) is 38.4 Å². The summed E-state index contributed by atoms with van der Waals surface area (Å²) in [7, 11) is 0. The van der Waals surface area contributed by atoms with E-state index in [2.05, 4.69) is 53.1 Å². The van der Waals surface area contributed by atoms with E-state index in [1.54, 1.807) is 11.1 Å². The monoisotopic (exact) mass is 600 g/mol. The molecule has 3 N–H and O–H groups in total. The van der Waals surface area contributed by atoms with Crippen molar-refractivity contribution in [3.8, 4) is 0 Å². The number of hydrogen-bond donors (Lipinski definition) is 3. The van der Waals surface area contributed by atoms with E-state index in [-0.39, 0.29) is 41.2 Å². The van der Waals surface area contributed by atoms with Gasteiger partial charge in [0.25, 0.3) is 5.91 Å². The molecule has 3 aliphatic rings. The number of β-amino-alcohol motifs (C(OH)–C–C–N with tert-alkyl or cyclic N) is 1. The molecule has 43 heavy (non-hydrogen) atoms. The summed E-state index contributed by atoms with van der Waals surface area (Å²) in [6.07, 6.45) is 2.81. The van der Waals surface area contributed by atoms with E-state index < -0.39 is 17.6 Å². The lowest BCUT2D eigenvalue weighted by Gasteiger charge is -2.57. The maximum Gasteiger partial charge on any atom is 0.253 e. The van der Waals surface area contributed by atoms with E-state index >= 15 is 0 Å². The lowest BCUT2D eigenvalue weighted by Crippen LogP contribution is -2.63. The Morgan fingerprint density at radius 3 is 2.28 bits per heavy atom. The highest BCUT2D eigenvalue weighted by Gasteiger charge is 2.53. The van der Waals surface area contributed by atoms with Gasteiger partial charge in [0, 0.05) is 58.1 Å². The molecule has 0 spiro atoms. The normalized spacial score (nSPS) is 23.0. The Labute approximate surface area is 256 Å². The van der Waals surface area contributed by atoms with Gasteiger partial charge in [-0.05, 0) is 41.2 Å². The van der Waals surface area contributed by atoms with Gasteiger partial charge in [0.05, 0.1) is 18.3 Å². The third-order valence-corrected chi connectivity index (χ3v) is 9.13. The topological polar surface area (TPSA) is 127 Å². The van der Waals surface area contributed by atoms with Crippen LogP contribution in [0.3, 0.4) is 0 Å². The predicted octanol–water partition coefficient (Wildman–Crippen LogP) is 1.90. The van der Waals surface area contributed by atoms with Crippen molar-refractivity contribution in [1.29, 1.82) is 0 Å². The Morgan fingerprint density at radius 1 is 1.07 bits per heavy atom. The molecule has 1 aromatic rings. The van der Waals surface area contributed by atoms with Crippen molar-refractivity contribution < 1.29 is 24.2 Å². The minimum absolute atomic E-state index is 0.0737. The average molecular weight is 601 g/mol. The molecule has 0 radical (unpaired) electrons. The number of carbonyl (C=O) groups excluding carboxylic acids is 3. The molecule has 1 saturated carbocycles. The van der Waals surface area contributed by atoms with Gasteiger partial charge in [0.15, 0.2) is 0 Å². The number of aromatic nitrogens is 1. The van der Waals surface area contributed by atoms with Crippen LogP contribution < -0.4 is 15.5 Å². The zero-order valence-electron chi connectivity index (χ0n) is 27.1. The Balaban J connectivity index is 1.15. The molecule has 3 amide bonds. The summed E-state index contributed by atoms with van der Waals surface area (Å²) in [6, 6.07) is 3.23. The van der Waals surface area contributed by atoms with Gasteiger partial charge in [-0.25, -0.2) is 4.98 Å². The Bertz CT molecular complexity index is 1130. The van der Waals surface area contributed by atoms with Gasteiger partial charge in [0.1, 0.15) is 18.5 Å². The molecule has 2 saturated heterocycles. The van der Waals surface area contributed by atoms with Gasteiger partial charge in [0.2, 0.25) is 11.8 Å². The zero-order chi connectivity index (χ0) is 31.6. The van der Waals surface area contributed by atoms with Crippen molar-refractivity contribution >= 4 is 23.5 Å². The maximum absolute atomic E-state index is 13.0. The molecule has 240 valence electrons. The van der Waals surface area contributed by atoms with Crippen molar-refractivity contribution in [2.24, 2.45) is 16.2 Å². The number of likely N-dealkylation sites (tertiary alicyclic amines) is 1. The van der Waals surface area contributed by atoms with Crippen molar-refractivity contribution in [2.75, 3.05) is 63.9 Å². The van der Waals surface area contributed by atoms with Crippen LogP contribution in [-0.2, 0) is 14.3 Å². The van der Waals surface area contributed by atoms with E-state index in [4.69, 9.17) is 4.74 Å². The third-order valence-electron chi connectivity index (χ3n) is 9.13. The number of nitrogens with zero attached hydrogens (tertiary/aromatic N) is 4. The number of carbonyl (C=O) groups is 3. The average Bonchev–Trinajstić information content (AvgIpc) is 3.37. The summed E-state index contributed by atoms with van der Waals surface area (Å²) in [5, 5.41) is 15.9. The van der Waals surface area contributed by atoms with Crippen LogP contribution in [0.4, 0.5) is 5.82 Å². The first-order chi connectivity index (χ1) is 20.1. The van der Waals surface area contributed by atoms with Gasteiger partial charge in [-0.2, -0.15) is 0 Å². The fourth-order valence-corrected chi connectivity index (χ4v) is 7.15. The molecular weight excluding hydrogens is 548 g/mol. The van der Waals surface area contributed by atoms with Crippen LogP contribution in [0.2, 0.25) is 0 Å². The largest absolute Gasteiger partial charge is 0.391 e. The summed E-state index contributed by atoms with van der Waals surface area (Å²) >= 11 is 0. The van der Waals surface area contributed by atoms with Crippen LogP contribution in [0.1, 0.15) is 71.7 Å². The first-order valence-electron chi connectivity index (χ1n) is 15.6. The molecule has 11 nitrogen and oxygen atoms in total. The van der Waals surface area contributed by atoms with Crippen LogP contribution in [0.15, 0.2) is 18.3 Å². The van der Waals surface area contributed by atoms with Gasteiger partial charge < -0.3 is 30.3 Å². The predicted molar refractivity (Wildman–Crippen MR) is 166 cm³/mol. The van der Waals surface area contributed by atoms with Gasteiger partial charge in [-0.1, -0.05) is 48.5 Å². The fourth-order valence-electron chi connectivity index (χ4n) is 7.15. The second-order valence-electron chi connectivity index (χ2n) is 14.9. The summed E-state index contributed by atoms with van der Waals surface area (Å²) in [5.74, 6) is 0.306. The minimum Gasteiger partial charge on any atom is -0.391 e. The molecule has 0 aromatic carbocycles. The SMILES string of the molecule is CC1(C)CC(C)(C)C1NC(=O)c1ccc(N2CCN(CCOCC(=O)N[C@H](C(=O)N3CC[C@@H](O)C3)C(C)(C)C)CC2)nc1. The van der Waals surface area contributed by atoms with Crippen LogP contribution in [0, 0.1) is 16.2 Å². The number of hydrogen-bond acceptors (Lipinski definition) is 8. The molecule has 2 aliphatic heterocycles. The molecule has 3 fully saturated rings. The lowest BCUT2D eigenvalue weighted by atomic mass is 9.52. The second kappa shape index (κ2) is 13.1. The van der Waals surface area contributed by atoms with E-state index in [9.17, 15) is 19.5 Å². The Hall–Kier alpha value is -2.76. The Kier molecular flexibility index (Phi) is 10.1. The fraction of sp³-hybridized carbons (Fsp3) is 0.750. The second-order valence-corrected chi connectivity index (χ2v) is 14.9. The van der Waals surface area contributed by atoms with Crippen molar-refractivity contribution in [3.05, 3.63) is 23.9 Å². The molecule has 0 unspecified atom stereocenters. The summed E-state index contributed by atoms with van der Waals surface area (Å²) in [6.45, 7) is 19.7. The van der Waals surface area contributed by atoms with Crippen LogP contribution in [0.25, 0.3) is 0 Å². The number of nitrogens with one attached hydrogen (secondary N) is 2. The number of aliphatic hydroxyl groups is 1. The maximum atomic E-state index is 13.0. The number of pyridine rings is 1. The summed E-state index contributed by atoms with van der Waals surface area (Å²) < 4.78 is 5.66. The number of aliphatic hydroxyl groups excluding tert-OH is 1. The summed E-state index contributed by atoms with van der Waals surface area (Å²) in [4.78, 5) is 49.2. The first kappa shape index (κ1) is 33.1. The molecule has 3 heterocycles. The molecule has 11 heteroatoms. The highest BCUT2D eigenvalue weighted by atomic mass is 16.5. The first-order valence-corrected chi connectivity index (χ1v) is 15.6. The van der Waals surface area contributed by atoms with Crippen LogP contribution >= 0.6 is 0 Å². The van der Waals surface area contributed by atoms with Crippen molar-refractivity contribution in [3.63, 3.8) is 0 Å². The quantitative estimate of drug-likeness (QED) is 0.348. The number of rotatable bonds is 10. The minimum atomic E-state index is -0.680. The number of ether oxygens (including phenoxy) is 1. The number of anilines is 1. The van der Waals surface area contributed by atoms with E-state index in [1.165, 1.54) is 0 Å². The smallest absolute Gasteiger partial charge is 0.253 e. The number of amides is 3. The molecule has 0 bridgehead atoms. The molecule has 1 aliphatic carbocycles. The highest BCUT2D eigenvalue weighted by molar-refractivity contribution is 5.94. The summed E-state index contributed by atoms with van der Waals surface area (Å²) in [5.41, 5.74) is 0.304. The number of piperazine rings is 1. The molecular formula is C32H52N6O5. The van der Waals surface area contributed by atoms with Gasteiger partial charge >= 0.3 is 0 Å². The lowest BCUT2D eigenvalue weighted by molar-refractivity contribution is -0.140. The van der Waals surface area contributed by atoms with Crippen LogP contribution in [0.5, 0.6) is 0 Å². The Morgan fingerprint density at radius 2 is 1.74 bits per heavy atom. The van der Waals surface area contributed by atoms with Crippen molar-refractivity contribution in [2.45, 2.75) is 79.5 Å². The van der Waals surface area contributed by atoms with Gasteiger partial charge in [-0.3, -0.25) is 19.3 Å². The van der Waals surface area contributed by atoms with Crippen LogP contribution in [-0.4, -0.2) is 115 Å². The molecule has 1 aromatic heterocycles.